The quantitative estimate of drug-likeness (QED) is 0.252. The molecule has 4 rings (SSSR count). The van der Waals surface area contributed by atoms with Crippen LogP contribution in [0.15, 0.2) is 78.4 Å². The predicted molar refractivity (Wildman–Crippen MR) is 165 cm³/mol. The molecule has 3 aromatic carbocycles. The third-order valence-corrected chi connectivity index (χ3v) is 18.3. The third-order valence-electron chi connectivity index (χ3n) is 9.21. The summed E-state index contributed by atoms with van der Waals surface area (Å²) in [6.07, 6.45) is 7.81. The van der Waals surface area contributed by atoms with E-state index in [2.05, 4.69) is 156 Å². The molecule has 0 fully saturated rings. The first-order valence-corrected chi connectivity index (χ1v) is 17.8. The second-order valence-electron chi connectivity index (χ2n) is 12.0. The minimum absolute atomic E-state index is 0. The number of hydrogen-bond donors (Lipinski definition) is 0. The van der Waals surface area contributed by atoms with Crippen LogP contribution in [0.3, 0.4) is 0 Å². The van der Waals surface area contributed by atoms with Gasteiger partial charge in [-0.2, -0.15) is 0 Å². The molecule has 3 aromatic rings. The number of benzene rings is 3. The number of rotatable bonds is 8. The zero-order valence-electron chi connectivity index (χ0n) is 26.2. The Kier molecular flexibility index (Phi) is 13.5. The Labute approximate surface area is 281 Å². The molecule has 0 heterocycles. The number of aryl methyl sites for hydroxylation is 6. The van der Waals surface area contributed by atoms with Gasteiger partial charge in [0.2, 0.25) is 0 Å². The van der Waals surface area contributed by atoms with Crippen LogP contribution < -0.4 is 37.2 Å². The van der Waals surface area contributed by atoms with Crippen molar-refractivity contribution in [3.8, 4) is 0 Å². The number of halogens is 3. The average Bonchev–Trinajstić information content (AvgIpc) is 3.22. The van der Waals surface area contributed by atoms with Crippen LogP contribution in [0.1, 0.15) is 70.8 Å². The van der Waals surface area contributed by atoms with Gasteiger partial charge in [0.05, 0.1) is 0 Å². The van der Waals surface area contributed by atoms with Crippen LogP contribution in [0.25, 0.3) is 0 Å². The first-order valence-electron chi connectivity index (χ1n) is 14.4. The molecule has 1 atom stereocenters. The molecule has 0 radical (unpaired) electrons. The van der Waals surface area contributed by atoms with E-state index in [4.69, 9.17) is 0 Å². The molecule has 0 N–H and O–H groups in total. The smallest absolute Gasteiger partial charge is 1.00 e. The zero-order valence-corrected chi connectivity index (χ0v) is 31.0. The van der Waals surface area contributed by atoms with E-state index in [1.54, 1.807) is 0 Å². The fourth-order valence-corrected chi connectivity index (χ4v) is 14.3. The van der Waals surface area contributed by atoms with Gasteiger partial charge in [0.15, 0.2) is 0 Å². The Balaban J connectivity index is 0.00000280. The molecule has 5 heteroatoms. The summed E-state index contributed by atoms with van der Waals surface area (Å²) in [5.74, 6) is 0. The predicted octanol–water partition coefficient (Wildman–Crippen LogP) is 1.13. The van der Waals surface area contributed by atoms with Crippen LogP contribution in [0.5, 0.6) is 0 Å². The van der Waals surface area contributed by atoms with Crippen LogP contribution in [-0.2, 0) is 25.9 Å². The maximum Gasteiger partial charge on any atom is -1.00 e. The van der Waals surface area contributed by atoms with E-state index in [1.165, 1.54) is 73.8 Å². The molecule has 0 spiro atoms. The normalized spacial score (nSPS) is 16.4. The monoisotopic (exact) mass is 658 g/mol. The van der Waals surface area contributed by atoms with Gasteiger partial charge in [-0.1, -0.05) is 0 Å². The molecule has 1 aliphatic rings. The van der Waals surface area contributed by atoms with E-state index in [1.807, 2.05) is 0 Å². The van der Waals surface area contributed by atoms with Crippen molar-refractivity contribution in [1.82, 2.24) is 0 Å². The first-order chi connectivity index (χ1) is 17.9. The molecule has 218 valence electrons. The molecule has 1 unspecified atom stereocenters. The minimum atomic E-state index is -1.56. The Bertz CT molecular complexity index is 1230. The summed E-state index contributed by atoms with van der Waals surface area (Å²) in [6.45, 7) is 20.8. The number of allylic oxidation sites excluding steroid dienone is 4. The minimum Gasteiger partial charge on any atom is -1.00 e. The van der Waals surface area contributed by atoms with E-state index in [-0.39, 0.29) is 46.0 Å². The SMILES string of the molecule is CC[Si](CC)(CC)[C]1([Ti+3])C=CC(C(c2cc(C)cc(C)c2)(c2cc(C)cc(C)c2)c2cc(C)cc(C)c2)=C1.[Cl-].[Cl-].[Cl-]. The Morgan fingerprint density at radius 3 is 1.12 bits per heavy atom. The van der Waals surface area contributed by atoms with Crippen LogP contribution in [-0.4, -0.2) is 8.07 Å². The van der Waals surface area contributed by atoms with Gasteiger partial charge in [-0.05, 0) is 0 Å². The van der Waals surface area contributed by atoms with Crippen molar-refractivity contribution in [3.63, 3.8) is 0 Å². The maximum atomic E-state index is 2.71. The molecular weight excluding hydrogens is 615 g/mol. The molecular formula is C36H45Cl3SiTi. The Hall–Kier alpha value is -1.06. The Morgan fingerprint density at radius 2 is 0.854 bits per heavy atom. The summed E-state index contributed by atoms with van der Waals surface area (Å²) in [5.41, 5.74) is 13.1. The molecule has 1 aliphatic carbocycles. The van der Waals surface area contributed by atoms with Gasteiger partial charge in [0, 0.05) is 0 Å². The summed E-state index contributed by atoms with van der Waals surface area (Å²) in [4.78, 5) is 0. The van der Waals surface area contributed by atoms with E-state index in [0.29, 0.717) is 0 Å². The van der Waals surface area contributed by atoms with Gasteiger partial charge in [0.1, 0.15) is 0 Å². The summed E-state index contributed by atoms with van der Waals surface area (Å²) in [6, 6.07) is 25.5. The molecule has 0 saturated carbocycles. The van der Waals surface area contributed by atoms with Crippen LogP contribution in [0.2, 0.25) is 21.5 Å². The summed E-state index contributed by atoms with van der Waals surface area (Å²) < 4.78 is 0.141. The van der Waals surface area contributed by atoms with Gasteiger partial charge in [-0.3, -0.25) is 0 Å². The molecule has 0 aromatic heterocycles. The average molecular weight is 660 g/mol. The second-order valence-corrected chi connectivity index (χ2v) is 19.6. The second kappa shape index (κ2) is 14.6. The fraction of sp³-hybridized carbons (Fsp3) is 0.389. The van der Waals surface area contributed by atoms with E-state index in [0.717, 1.165) is 0 Å². The van der Waals surface area contributed by atoms with Crippen molar-refractivity contribution < 1.29 is 57.7 Å². The van der Waals surface area contributed by atoms with Gasteiger partial charge in [-0.25, -0.2) is 0 Å². The van der Waals surface area contributed by atoms with Crippen molar-refractivity contribution in [2.45, 2.75) is 89.2 Å². The third kappa shape index (κ3) is 6.87. The van der Waals surface area contributed by atoms with Crippen LogP contribution in [0, 0.1) is 41.5 Å². The van der Waals surface area contributed by atoms with E-state index in [9.17, 15) is 0 Å². The maximum absolute atomic E-state index is 2.71. The number of hydrogen-bond acceptors (Lipinski definition) is 0. The molecule has 0 aliphatic heterocycles. The van der Waals surface area contributed by atoms with Gasteiger partial charge >= 0.3 is 246 Å². The summed E-state index contributed by atoms with van der Waals surface area (Å²) in [5, 5.41) is 0. The van der Waals surface area contributed by atoms with Gasteiger partial charge in [0.25, 0.3) is 0 Å². The van der Waals surface area contributed by atoms with Crippen molar-refractivity contribution in [1.29, 1.82) is 0 Å². The van der Waals surface area contributed by atoms with Gasteiger partial charge < -0.3 is 37.2 Å². The fourth-order valence-electron chi connectivity index (χ4n) is 7.33. The molecule has 0 nitrogen and oxygen atoms in total. The molecule has 0 amide bonds. The summed E-state index contributed by atoms with van der Waals surface area (Å²) >= 11 is 2.54. The van der Waals surface area contributed by atoms with E-state index < -0.39 is 8.07 Å². The molecule has 41 heavy (non-hydrogen) atoms. The first kappa shape index (κ1) is 38.0. The van der Waals surface area contributed by atoms with Gasteiger partial charge in [-0.15, -0.1) is 0 Å². The van der Waals surface area contributed by atoms with Crippen LogP contribution >= 0.6 is 0 Å². The Morgan fingerprint density at radius 1 is 0.561 bits per heavy atom. The van der Waals surface area contributed by atoms with Crippen molar-refractivity contribution in [2.75, 3.05) is 0 Å². The van der Waals surface area contributed by atoms with Crippen molar-refractivity contribution in [3.05, 3.63) is 128 Å². The molecule has 0 saturated heterocycles. The van der Waals surface area contributed by atoms with E-state index >= 15 is 0 Å². The van der Waals surface area contributed by atoms with Crippen LogP contribution in [0.4, 0.5) is 0 Å². The van der Waals surface area contributed by atoms with Crippen molar-refractivity contribution >= 4 is 8.07 Å². The van der Waals surface area contributed by atoms with Crippen molar-refractivity contribution in [2.24, 2.45) is 0 Å². The largest absolute Gasteiger partial charge is 1.00 e. The summed E-state index contributed by atoms with van der Waals surface area (Å²) in [7, 11) is -1.56. The topological polar surface area (TPSA) is 0 Å². The standard InChI is InChI=1S/C36H45Si.3ClH.Ti/c1-10-37(11-2,12-3)35-14-13-31(24-35)36(32-18-25(4)15-26(5)19-32,33-20-27(6)16-28(7)21-33)34-22-29(8)17-30(9)23-34;;;;/h13-24H,10-12H2,1-9H3;3*1H;/q;;;;+3/p-3. The zero-order chi connectivity index (χ0) is 27.9. The molecule has 0 bridgehead atoms.